The quantitative estimate of drug-likeness (QED) is 0.806. The molecule has 1 atom stereocenters. The molecule has 2 N–H and O–H groups in total. The minimum absolute atomic E-state index is 0.0257. The van der Waals surface area contributed by atoms with Crippen LogP contribution in [0.4, 0.5) is 0 Å². The number of benzene rings is 1. The summed E-state index contributed by atoms with van der Waals surface area (Å²) in [5.74, 6) is -0.166. The first-order valence-corrected chi connectivity index (χ1v) is 8.27. The zero-order chi connectivity index (χ0) is 13.9. The van der Waals surface area contributed by atoms with Crippen LogP contribution in [0, 0.1) is 0 Å². The second-order valence-corrected chi connectivity index (χ2v) is 7.09. The average Bonchev–Trinajstić information content (AvgIpc) is 2.36. The molecule has 1 aromatic carbocycles. The van der Waals surface area contributed by atoms with Gasteiger partial charge in [0.15, 0.2) is 0 Å². The Morgan fingerprint density at radius 2 is 2.05 bits per heavy atom. The van der Waals surface area contributed by atoms with E-state index in [1.54, 1.807) is 0 Å². The van der Waals surface area contributed by atoms with Gasteiger partial charge in [0.25, 0.3) is 0 Å². The van der Waals surface area contributed by atoms with Gasteiger partial charge in [0.1, 0.15) is 9.84 Å². The van der Waals surface area contributed by atoms with Gasteiger partial charge in [0.2, 0.25) is 5.91 Å². The van der Waals surface area contributed by atoms with Crippen LogP contribution >= 0.6 is 0 Å². The number of fused-ring (bicyclic) bond motifs is 1. The summed E-state index contributed by atoms with van der Waals surface area (Å²) in [5.41, 5.74) is 2.38. The molecule has 0 aliphatic carbocycles. The number of nitrogens with one attached hydrogen (secondary N) is 2. The minimum Gasteiger partial charge on any atom is -0.354 e. The normalized spacial score (nSPS) is 18.7. The van der Waals surface area contributed by atoms with Crippen molar-refractivity contribution in [1.29, 1.82) is 0 Å². The molecule has 0 saturated heterocycles. The smallest absolute Gasteiger partial charge is 0.237 e. The summed E-state index contributed by atoms with van der Waals surface area (Å²) in [7, 11) is -3.03. The maximum atomic E-state index is 11.9. The summed E-state index contributed by atoms with van der Waals surface area (Å²) < 4.78 is 22.0. The van der Waals surface area contributed by atoms with Crippen LogP contribution < -0.4 is 10.6 Å². The number of hydrogen-bond acceptors (Lipinski definition) is 4. The molecule has 1 heterocycles. The van der Waals surface area contributed by atoms with Crippen molar-refractivity contribution in [2.24, 2.45) is 0 Å². The van der Waals surface area contributed by atoms with E-state index in [9.17, 15) is 13.2 Å². The molecule has 5 nitrogen and oxygen atoms in total. The average molecular weight is 282 g/mol. The molecule has 1 aromatic rings. The highest BCUT2D eigenvalue weighted by Gasteiger charge is 2.23. The summed E-state index contributed by atoms with van der Waals surface area (Å²) in [5, 5.41) is 5.82. The molecule has 104 valence electrons. The topological polar surface area (TPSA) is 75.3 Å². The molecular formula is C13H18N2O3S. The van der Waals surface area contributed by atoms with E-state index < -0.39 is 9.84 Å². The summed E-state index contributed by atoms with van der Waals surface area (Å²) in [4.78, 5) is 11.9. The van der Waals surface area contributed by atoms with Gasteiger partial charge in [-0.05, 0) is 17.5 Å². The third-order valence-corrected chi connectivity index (χ3v) is 4.12. The molecule has 0 bridgehead atoms. The maximum Gasteiger partial charge on any atom is 0.237 e. The number of carbonyl (C=O) groups is 1. The summed E-state index contributed by atoms with van der Waals surface area (Å²) in [6, 6.07) is 7.72. The van der Waals surface area contributed by atoms with Gasteiger partial charge in [0, 0.05) is 19.3 Å². The van der Waals surface area contributed by atoms with Crippen molar-refractivity contribution in [2.75, 3.05) is 18.6 Å². The van der Waals surface area contributed by atoms with Gasteiger partial charge in [-0.15, -0.1) is 0 Å². The minimum atomic E-state index is -3.03. The molecular weight excluding hydrogens is 264 g/mol. The molecule has 2 rings (SSSR count). The highest BCUT2D eigenvalue weighted by Crippen LogP contribution is 2.16. The second-order valence-electron chi connectivity index (χ2n) is 4.83. The standard InChI is InChI=1S/C13H18N2O3S/c1-19(17,18)7-6-14-13(16)12-8-10-4-2-3-5-11(10)9-15-12/h2-5,12,15H,6-9H2,1H3,(H,14,16)/t12-/m0/s1. The fourth-order valence-corrected chi connectivity index (χ4v) is 2.60. The Hall–Kier alpha value is -1.40. The SMILES string of the molecule is CS(=O)(=O)CCNC(=O)[C@@H]1Cc2ccccc2CN1. The molecule has 0 spiro atoms. The Morgan fingerprint density at radius 1 is 1.37 bits per heavy atom. The van der Waals surface area contributed by atoms with E-state index in [0.29, 0.717) is 13.0 Å². The van der Waals surface area contributed by atoms with E-state index in [1.165, 1.54) is 11.1 Å². The zero-order valence-electron chi connectivity index (χ0n) is 10.8. The van der Waals surface area contributed by atoms with Crippen LogP contribution in [0.1, 0.15) is 11.1 Å². The Bertz CT molecular complexity index is 569. The van der Waals surface area contributed by atoms with E-state index in [4.69, 9.17) is 0 Å². The lowest BCUT2D eigenvalue weighted by atomic mass is 9.95. The van der Waals surface area contributed by atoms with Crippen molar-refractivity contribution >= 4 is 15.7 Å². The van der Waals surface area contributed by atoms with Crippen molar-refractivity contribution in [2.45, 2.75) is 19.0 Å². The number of amides is 1. The van der Waals surface area contributed by atoms with Crippen LogP contribution in [0.2, 0.25) is 0 Å². The predicted octanol–water partition coefficient (Wildman–Crippen LogP) is -0.138. The highest BCUT2D eigenvalue weighted by molar-refractivity contribution is 7.90. The second kappa shape index (κ2) is 5.71. The van der Waals surface area contributed by atoms with Crippen LogP contribution in [0.25, 0.3) is 0 Å². The van der Waals surface area contributed by atoms with Gasteiger partial charge in [-0.1, -0.05) is 24.3 Å². The molecule has 19 heavy (non-hydrogen) atoms. The fourth-order valence-electron chi connectivity index (χ4n) is 2.12. The van der Waals surface area contributed by atoms with Gasteiger partial charge < -0.3 is 10.6 Å². The number of rotatable bonds is 4. The van der Waals surface area contributed by atoms with Crippen molar-refractivity contribution in [3.05, 3.63) is 35.4 Å². The monoisotopic (exact) mass is 282 g/mol. The van der Waals surface area contributed by atoms with E-state index in [2.05, 4.69) is 10.6 Å². The zero-order valence-corrected chi connectivity index (χ0v) is 11.7. The number of sulfone groups is 1. The predicted molar refractivity (Wildman–Crippen MR) is 73.5 cm³/mol. The van der Waals surface area contributed by atoms with Crippen LogP contribution in [-0.4, -0.2) is 38.9 Å². The van der Waals surface area contributed by atoms with Crippen molar-refractivity contribution in [1.82, 2.24) is 10.6 Å². The van der Waals surface area contributed by atoms with Crippen molar-refractivity contribution in [3.8, 4) is 0 Å². The van der Waals surface area contributed by atoms with Gasteiger partial charge >= 0.3 is 0 Å². The Morgan fingerprint density at radius 3 is 2.74 bits per heavy atom. The maximum absolute atomic E-state index is 11.9. The summed E-state index contributed by atoms with van der Waals surface area (Å²) in [6.07, 6.45) is 1.80. The van der Waals surface area contributed by atoms with Crippen LogP contribution in [-0.2, 0) is 27.6 Å². The first kappa shape index (κ1) is 14.0. The first-order chi connectivity index (χ1) is 8.96. The van der Waals surface area contributed by atoms with Gasteiger partial charge in [-0.3, -0.25) is 4.79 Å². The Labute approximate surface area is 113 Å². The molecule has 0 unspecified atom stereocenters. The molecule has 6 heteroatoms. The molecule has 1 aliphatic rings. The van der Waals surface area contributed by atoms with Crippen LogP contribution in [0.5, 0.6) is 0 Å². The van der Waals surface area contributed by atoms with Gasteiger partial charge in [-0.25, -0.2) is 8.42 Å². The number of hydrogen-bond donors (Lipinski definition) is 2. The van der Waals surface area contributed by atoms with Gasteiger partial charge in [0.05, 0.1) is 11.8 Å². The Balaban J connectivity index is 1.89. The van der Waals surface area contributed by atoms with Gasteiger partial charge in [-0.2, -0.15) is 0 Å². The molecule has 0 aromatic heterocycles. The lowest BCUT2D eigenvalue weighted by Gasteiger charge is -2.25. The van der Waals surface area contributed by atoms with Crippen LogP contribution in [0.3, 0.4) is 0 Å². The Kier molecular flexibility index (Phi) is 4.21. The molecule has 0 radical (unpaired) electrons. The molecule has 1 amide bonds. The van der Waals surface area contributed by atoms with E-state index >= 15 is 0 Å². The van der Waals surface area contributed by atoms with Crippen molar-refractivity contribution in [3.63, 3.8) is 0 Å². The number of carbonyl (C=O) groups excluding carboxylic acids is 1. The van der Waals surface area contributed by atoms with E-state index in [0.717, 1.165) is 6.26 Å². The summed E-state index contributed by atoms with van der Waals surface area (Å²) >= 11 is 0. The van der Waals surface area contributed by atoms with E-state index in [-0.39, 0.29) is 24.2 Å². The third kappa shape index (κ3) is 4.04. The van der Waals surface area contributed by atoms with E-state index in [1.807, 2.05) is 24.3 Å². The van der Waals surface area contributed by atoms with Crippen molar-refractivity contribution < 1.29 is 13.2 Å². The lowest BCUT2D eigenvalue weighted by Crippen LogP contribution is -2.48. The molecule has 0 saturated carbocycles. The largest absolute Gasteiger partial charge is 0.354 e. The summed E-state index contributed by atoms with van der Waals surface area (Å²) in [6.45, 7) is 0.831. The third-order valence-electron chi connectivity index (χ3n) is 3.17. The molecule has 1 aliphatic heterocycles. The van der Waals surface area contributed by atoms with Crippen LogP contribution in [0.15, 0.2) is 24.3 Å². The molecule has 0 fully saturated rings. The highest BCUT2D eigenvalue weighted by atomic mass is 32.2. The fraction of sp³-hybridized carbons (Fsp3) is 0.462. The first-order valence-electron chi connectivity index (χ1n) is 6.21. The lowest BCUT2D eigenvalue weighted by molar-refractivity contribution is -0.123.